The molecule has 3 fully saturated rings. The van der Waals surface area contributed by atoms with Gasteiger partial charge in [0.05, 0.1) is 24.9 Å². The fourth-order valence-corrected chi connectivity index (χ4v) is 5.32. The van der Waals surface area contributed by atoms with Gasteiger partial charge >= 0.3 is 11.9 Å². The predicted octanol–water partition coefficient (Wildman–Crippen LogP) is 3.10. The smallest absolute Gasteiger partial charge is 0.331 e. The van der Waals surface area contributed by atoms with Crippen molar-refractivity contribution in [2.24, 2.45) is 5.92 Å². The first-order chi connectivity index (χ1) is 14.9. The number of aliphatic carboxylic acids is 1. The Morgan fingerprint density at radius 3 is 2.45 bits per heavy atom. The number of carbonyl (C=O) groups excluding carboxylic acids is 1. The zero-order valence-corrected chi connectivity index (χ0v) is 18.8. The summed E-state index contributed by atoms with van der Waals surface area (Å²) in [4.78, 5) is 25.5. The quantitative estimate of drug-likeness (QED) is 0.333. The van der Waals surface area contributed by atoms with Crippen LogP contribution in [0, 0.1) is 5.92 Å². The van der Waals surface area contributed by atoms with Crippen LogP contribution in [-0.2, 0) is 28.5 Å². The number of carboxylic acid groups (broad SMARTS) is 1. The maximum absolute atomic E-state index is 11.7. The number of ether oxygens (including phenoxy) is 4. The molecule has 31 heavy (non-hydrogen) atoms. The second-order valence-electron chi connectivity index (χ2n) is 8.93. The highest BCUT2D eigenvalue weighted by molar-refractivity contribution is 5.81. The van der Waals surface area contributed by atoms with Crippen molar-refractivity contribution in [2.45, 2.75) is 83.1 Å². The van der Waals surface area contributed by atoms with Crippen LogP contribution in [0.2, 0.25) is 0 Å². The number of carbonyl (C=O) groups is 2. The van der Waals surface area contributed by atoms with Gasteiger partial charge in [0.1, 0.15) is 5.76 Å². The van der Waals surface area contributed by atoms with Crippen LogP contribution in [0.1, 0.15) is 65.2 Å². The average Bonchev–Trinajstić information content (AvgIpc) is 3.21. The maximum atomic E-state index is 11.7. The van der Waals surface area contributed by atoms with E-state index in [0.29, 0.717) is 26.2 Å². The Morgan fingerprint density at radius 2 is 1.87 bits per heavy atom. The molecule has 1 N–H and O–H groups in total. The van der Waals surface area contributed by atoms with Gasteiger partial charge in [0, 0.05) is 45.0 Å². The third kappa shape index (κ3) is 6.75. The molecule has 3 unspecified atom stereocenters. The number of hydrogen-bond acceptors (Lipinski definition) is 7. The van der Waals surface area contributed by atoms with Crippen molar-refractivity contribution in [3.63, 3.8) is 0 Å². The predicted molar refractivity (Wildman–Crippen MR) is 113 cm³/mol. The van der Waals surface area contributed by atoms with Crippen molar-refractivity contribution >= 4 is 11.9 Å². The third-order valence-electron chi connectivity index (χ3n) is 6.81. The van der Waals surface area contributed by atoms with Gasteiger partial charge < -0.3 is 24.1 Å². The number of morpholine rings is 1. The summed E-state index contributed by atoms with van der Waals surface area (Å²) < 4.78 is 23.5. The summed E-state index contributed by atoms with van der Waals surface area (Å²) in [5.41, 5.74) is -0.433. The number of hydrogen-bond donors (Lipinski definition) is 1. The van der Waals surface area contributed by atoms with Crippen LogP contribution in [0.25, 0.3) is 0 Å². The van der Waals surface area contributed by atoms with Crippen molar-refractivity contribution < 1.29 is 33.6 Å². The molecule has 3 aliphatic rings. The summed E-state index contributed by atoms with van der Waals surface area (Å²) in [6.07, 6.45) is 8.04. The third-order valence-corrected chi connectivity index (χ3v) is 6.81. The molecule has 0 aromatic carbocycles. The summed E-state index contributed by atoms with van der Waals surface area (Å²) in [5.74, 6) is -1.48. The van der Waals surface area contributed by atoms with Crippen LogP contribution in [0.5, 0.6) is 0 Å². The number of carboxylic acids is 1. The molecule has 3 rings (SSSR count). The lowest BCUT2D eigenvalue weighted by atomic mass is 9.77. The molecule has 1 saturated carbocycles. The highest BCUT2D eigenvalue weighted by Gasteiger charge is 2.48. The molecular formula is C23H37NO7. The topological polar surface area (TPSA) is 94.5 Å². The van der Waals surface area contributed by atoms with E-state index >= 15 is 0 Å². The summed E-state index contributed by atoms with van der Waals surface area (Å²) in [6, 6.07) is 0.110. The summed E-state index contributed by atoms with van der Waals surface area (Å²) in [5, 5.41) is 9.34. The molecular weight excluding hydrogens is 402 g/mol. The van der Waals surface area contributed by atoms with Gasteiger partial charge in [-0.2, -0.15) is 0 Å². The van der Waals surface area contributed by atoms with Gasteiger partial charge in [-0.1, -0.05) is 12.8 Å². The molecule has 3 atom stereocenters. The van der Waals surface area contributed by atoms with E-state index in [1.54, 1.807) is 0 Å². The van der Waals surface area contributed by atoms with E-state index in [1.807, 2.05) is 0 Å². The molecule has 1 aliphatic carbocycles. The summed E-state index contributed by atoms with van der Waals surface area (Å²) >= 11 is 0. The number of allylic oxidation sites excluding steroid dienone is 1. The average molecular weight is 440 g/mol. The van der Waals surface area contributed by atoms with Gasteiger partial charge in [-0.25, -0.2) is 4.79 Å². The molecule has 0 aromatic rings. The Labute approximate surface area is 184 Å². The fourth-order valence-electron chi connectivity index (χ4n) is 5.32. The van der Waals surface area contributed by atoms with Crippen LogP contribution in [-0.4, -0.2) is 72.8 Å². The van der Waals surface area contributed by atoms with Crippen molar-refractivity contribution in [1.82, 2.24) is 4.90 Å². The summed E-state index contributed by atoms with van der Waals surface area (Å²) in [6.45, 7) is 7.18. The van der Waals surface area contributed by atoms with Gasteiger partial charge in [0.2, 0.25) is 0 Å². The van der Waals surface area contributed by atoms with E-state index in [1.165, 1.54) is 6.92 Å². The Hall–Kier alpha value is -1.48. The van der Waals surface area contributed by atoms with Crippen LogP contribution in [0.4, 0.5) is 0 Å². The van der Waals surface area contributed by atoms with E-state index in [9.17, 15) is 14.7 Å². The first-order valence-corrected chi connectivity index (χ1v) is 11.6. The Kier molecular flexibility index (Phi) is 8.89. The Morgan fingerprint density at radius 1 is 1.16 bits per heavy atom. The molecule has 8 nitrogen and oxygen atoms in total. The SMILES string of the molecule is CC(=O)OC(=CC(=O)O)CC(C(C)N1CCOCC1)C1(OC2CCCCO2)CCCC1. The largest absolute Gasteiger partial charge is 0.478 e. The Balaban J connectivity index is 1.89. The van der Waals surface area contributed by atoms with E-state index in [4.69, 9.17) is 18.9 Å². The monoisotopic (exact) mass is 439 g/mol. The standard InChI is InChI=1S/C23H37NO7/c1-17(24-10-13-28-14-11-24)20(15-19(16-21(26)27)30-18(2)25)23(8-4-5-9-23)31-22-7-3-6-12-29-22/h16-17,20,22H,3-15H2,1-2H3,(H,26,27). The second-order valence-corrected chi connectivity index (χ2v) is 8.93. The van der Waals surface area contributed by atoms with Crippen molar-refractivity contribution in [3.05, 3.63) is 11.8 Å². The van der Waals surface area contributed by atoms with Crippen LogP contribution >= 0.6 is 0 Å². The lowest BCUT2D eigenvalue weighted by Gasteiger charge is -2.47. The minimum atomic E-state index is -1.12. The lowest BCUT2D eigenvalue weighted by molar-refractivity contribution is -0.245. The van der Waals surface area contributed by atoms with Crippen LogP contribution < -0.4 is 0 Å². The van der Waals surface area contributed by atoms with E-state index in [0.717, 1.165) is 64.1 Å². The zero-order valence-electron chi connectivity index (χ0n) is 18.8. The molecule has 2 aliphatic heterocycles. The van der Waals surface area contributed by atoms with E-state index < -0.39 is 17.5 Å². The lowest BCUT2D eigenvalue weighted by Crippen LogP contribution is -2.54. The number of nitrogens with zero attached hydrogens (tertiary/aromatic N) is 1. The summed E-state index contributed by atoms with van der Waals surface area (Å²) in [7, 11) is 0. The molecule has 176 valence electrons. The zero-order chi connectivity index (χ0) is 22.3. The van der Waals surface area contributed by atoms with Crippen molar-refractivity contribution in [1.29, 1.82) is 0 Å². The molecule has 0 bridgehead atoms. The highest BCUT2D eigenvalue weighted by Crippen LogP contribution is 2.46. The molecule has 0 spiro atoms. The normalized spacial score (nSPS) is 26.9. The van der Waals surface area contributed by atoms with Gasteiger partial charge in [-0.15, -0.1) is 0 Å². The highest BCUT2D eigenvalue weighted by atomic mass is 16.7. The van der Waals surface area contributed by atoms with Crippen LogP contribution in [0.15, 0.2) is 11.8 Å². The van der Waals surface area contributed by atoms with E-state index in [-0.39, 0.29) is 24.0 Å². The van der Waals surface area contributed by atoms with E-state index in [2.05, 4.69) is 11.8 Å². The molecule has 0 radical (unpaired) electrons. The molecule has 8 heteroatoms. The first kappa shape index (κ1) is 24.2. The van der Waals surface area contributed by atoms with Crippen molar-refractivity contribution in [3.8, 4) is 0 Å². The fraction of sp³-hybridized carbons (Fsp3) is 0.826. The van der Waals surface area contributed by atoms with Crippen molar-refractivity contribution in [2.75, 3.05) is 32.9 Å². The van der Waals surface area contributed by atoms with Gasteiger partial charge in [-0.05, 0) is 39.0 Å². The van der Waals surface area contributed by atoms with Crippen LogP contribution in [0.3, 0.4) is 0 Å². The minimum Gasteiger partial charge on any atom is -0.478 e. The molecule has 0 amide bonds. The minimum absolute atomic E-state index is 0.0384. The Bertz CT molecular complexity index is 632. The first-order valence-electron chi connectivity index (χ1n) is 11.6. The van der Waals surface area contributed by atoms with Gasteiger partial charge in [0.15, 0.2) is 6.29 Å². The second kappa shape index (κ2) is 11.4. The molecule has 0 aromatic heterocycles. The van der Waals surface area contributed by atoms with Gasteiger partial charge in [-0.3, -0.25) is 9.69 Å². The maximum Gasteiger partial charge on any atom is 0.331 e. The number of esters is 1. The molecule has 2 saturated heterocycles. The molecule has 2 heterocycles. The number of rotatable bonds is 9. The van der Waals surface area contributed by atoms with Gasteiger partial charge in [0.25, 0.3) is 0 Å².